The fraction of sp³-hybridized carbons (Fsp3) is 0.533. The lowest BCUT2D eigenvalue weighted by Crippen LogP contribution is -2.16. The van der Waals surface area contributed by atoms with Crippen molar-refractivity contribution in [1.82, 2.24) is 0 Å². The standard InChI is InChI=1S/C15H22N2O/c1-3-10-7-8-14(12(4-2)13(10)9-16)17-15(18)11-5-6-11/h7-8,11H,3-6,9,16H2,1-2H3,(H,17,18). The highest BCUT2D eigenvalue weighted by molar-refractivity contribution is 5.95. The van der Waals surface area contributed by atoms with Crippen LogP contribution in [0.4, 0.5) is 5.69 Å². The van der Waals surface area contributed by atoms with Crippen LogP contribution in [0.5, 0.6) is 0 Å². The molecule has 1 fully saturated rings. The summed E-state index contributed by atoms with van der Waals surface area (Å²) in [5.41, 5.74) is 10.5. The Hall–Kier alpha value is -1.35. The van der Waals surface area contributed by atoms with E-state index in [1.807, 2.05) is 6.07 Å². The second-order valence-corrected chi connectivity index (χ2v) is 4.90. The Bertz CT molecular complexity index is 450. The van der Waals surface area contributed by atoms with Crippen LogP contribution >= 0.6 is 0 Å². The molecule has 0 spiro atoms. The monoisotopic (exact) mass is 246 g/mol. The van der Waals surface area contributed by atoms with Crippen LogP contribution in [-0.4, -0.2) is 5.91 Å². The van der Waals surface area contributed by atoms with Gasteiger partial charge in [-0.25, -0.2) is 0 Å². The topological polar surface area (TPSA) is 55.1 Å². The molecule has 0 unspecified atom stereocenters. The van der Waals surface area contributed by atoms with Gasteiger partial charge in [0.1, 0.15) is 0 Å². The zero-order chi connectivity index (χ0) is 13.1. The molecule has 0 heterocycles. The number of aryl methyl sites for hydroxylation is 1. The van der Waals surface area contributed by atoms with Gasteiger partial charge in [0.05, 0.1) is 0 Å². The van der Waals surface area contributed by atoms with Crippen molar-refractivity contribution in [3.8, 4) is 0 Å². The third-order valence-electron chi connectivity index (χ3n) is 3.67. The summed E-state index contributed by atoms with van der Waals surface area (Å²) in [4.78, 5) is 11.9. The zero-order valence-corrected chi connectivity index (χ0v) is 11.3. The lowest BCUT2D eigenvalue weighted by atomic mass is 9.95. The van der Waals surface area contributed by atoms with Gasteiger partial charge in [0.2, 0.25) is 5.91 Å². The smallest absolute Gasteiger partial charge is 0.227 e. The van der Waals surface area contributed by atoms with E-state index in [1.54, 1.807) is 0 Å². The number of amides is 1. The van der Waals surface area contributed by atoms with E-state index in [0.717, 1.165) is 31.4 Å². The number of rotatable bonds is 5. The van der Waals surface area contributed by atoms with E-state index in [0.29, 0.717) is 6.54 Å². The quantitative estimate of drug-likeness (QED) is 0.839. The normalized spacial score (nSPS) is 14.6. The van der Waals surface area contributed by atoms with Crippen LogP contribution in [0.15, 0.2) is 12.1 Å². The zero-order valence-electron chi connectivity index (χ0n) is 11.3. The first kappa shape index (κ1) is 13.1. The molecule has 1 aliphatic rings. The molecule has 1 aromatic carbocycles. The van der Waals surface area contributed by atoms with Crippen LogP contribution in [0, 0.1) is 5.92 Å². The van der Waals surface area contributed by atoms with Crippen molar-refractivity contribution in [2.75, 3.05) is 5.32 Å². The summed E-state index contributed by atoms with van der Waals surface area (Å²) in [6.07, 6.45) is 3.95. The predicted octanol–water partition coefficient (Wildman–Crippen LogP) is 2.62. The first-order chi connectivity index (χ1) is 8.71. The summed E-state index contributed by atoms with van der Waals surface area (Å²) in [5.74, 6) is 0.402. The molecule has 3 N–H and O–H groups in total. The molecule has 18 heavy (non-hydrogen) atoms. The minimum absolute atomic E-state index is 0.164. The molecular weight excluding hydrogens is 224 g/mol. The molecular formula is C15H22N2O. The minimum atomic E-state index is 0.164. The van der Waals surface area contributed by atoms with E-state index in [1.165, 1.54) is 16.7 Å². The first-order valence-corrected chi connectivity index (χ1v) is 6.85. The average Bonchev–Trinajstić information content (AvgIpc) is 3.22. The minimum Gasteiger partial charge on any atom is -0.326 e. The van der Waals surface area contributed by atoms with Crippen LogP contribution in [0.1, 0.15) is 43.4 Å². The Morgan fingerprint density at radius 1 is 1.28 bits per heavy atom. The summed E-state index contributed by atoms with van der Waals surface area (Å²) in [5, 5.41) is 3.05. The summed E-state index contributed by atoms with van der Waals surface area (Å²) < 4.78 is 0. The molecule has 1 aliphatic carbocycles. The summed E-state index contributed by atoms with van der Waals surface area (Å²) in [6.45, 7) is 4.79. The van der Waals surface area contributed by atoms with Gasteiger partial charge in [-0.3, -0.25) is 4.79 Å². The molecule has 0 radical (unpaired) electrons. The average molecular weight is 246 g/mol. The molecule has 1 aromatic rings. The molecule has 0 saturated heterocycles. The third-order valence-corrected chi connectivity index (χ3v) is 3.67. The lowest BCUT2D eigenvalue weighted by Gasteiger charge is -2.17. The molecule has 1 amide bonds. The predicted molar refractivity (Wildman–Crippen MR) is 74.4 cm³/mol. The molecule has 3 nitrogen and oxygen atoms in total. The van der Waals surface area contributed by atoms with Crippen molar-refractivity contribution in [2.24, 2.45) is 11.7 Å². The number of nitrogens with two attached hydrogens (primary N) is 1. The van der Waals surface area contributed by atoms with Gasteiger partial charge in [-0.15, -0.1) is 0 Å². The number of carbonyl (C=O) groups excluding carboxylic acids is 1. The van der Waals surface area contributed by atoms with E-state index >= 15 is 0 Å². The summed E-state index contributed by atoms with van der Waals surface area (Å²) in [6, 6.07) is 4.11. The van der Waals surface area contributed by atoms with Crippen molar-refractivity contribution >= 4 is 11.6 Å². The Morgan fingerprint density at radius 3 is 2.50 bits per heavy atom. The first-order valence-electron chi connectivity index (χ1n) is 6.85. The number of hydrogen-bond acceptors (Lipinski definition) is 2. The maximum absolute atomic E-state index is 11.9. The van der Waals surface area contributed by atoms with E-state index in [9.17, 15) is 4.79 Å². The Morgan fingerprint density at radius 2 is 2.00 bits per heavy atom. The highest BCUT2D eigenvalue weighted by atomic mass is 16.2. The van der Waals surface area contributed by atoms with Gasteiger partial charge >= 0.3 is 0 Å². The van der Waals surface area contributed by atoms with E-state index in [2.05, 4.69) is 25.2 Å². The van der Waals surface area contributed by atoms with Crippen molar-refractivity contribution in [2.45, 2.75) is 46.1 Å². The summed E-state index contributed by atoms with van der Waals surface area (Å²) in [7, 11) is 0. The maximum Gasteiger partial charge on any atom is 0.227 e. The van der Waals surface area contributed by atoms with E-state index in [-0.39, 0.29) is 11.8 Å². The number of nitrogens with one attached hydrogen (secondary N) is 1. The Balaban J connectivity index is 2.31. The molecule has 98 valence electrons. The Kier molecular flexibility index (Phi) is 4.02. The van der Waals surface area contributed by atoms with Crippen molar-refractivity contribution in [3.63, 3.8) is 0 Å². The highest BCUT2D eigenvalue weighted by Gasteiger charge is 2.30. The molecule has 0 atom stereocenters. The number of benzene rings is 1. The van der Waals surface area contributed by atoms with Gasteiger partial charge in [-0.2, -0.15) is 0 Å². The Labute approximate surface area is 109 Å². The van der Waals surface area contributed by atoms with E-state index in [4.69, 9.17) is 5.73 Å². The SMILES string of the molecule is CCc1ccc(NC(=O)C2CC2)c(CC)c1CN. The van der Waals surface area contributed by atoms with Crippen LogP contribution in [0.3, 0.4) is 0 Å². The van der Waals surface area contributed by atoms with Gasteiger partial charge in [0.15, 0.2) is 0 Å². The van der Waals surface area contributed by atoms with Gasteiger partial charge in [-0.1, -0.05) is 19.9 Å². The molecule has 0 bridgehead atoms. The van der Waals surface area contributed by atoms with Crippen LogP contribution < -0.4 is 11.1 Å². The third kappa shape index (κ3) is 2.56. The molecule has 1 saturated carbocycles. The fourth-order valence-corrected chi connectivity index (χ4v) is 2.43. The number of hydrogen-bond donors (Lipinski definition) is 2. The van der Waals surface area contributed by atoms with Crippen molar-refractivity contribution < 1.29 is 4.79 Å². The molecule has 0 aromatic heterocycles. The van der Waals surface area contributed by atoms with Crippen LogP contribution in [0.2, 0.25) is 0 Å². The van der Waals surface area contributed by atoms with Crippen molar-refractivity contribution in [1.29, 1.82) is 0 Å². The summed E-state index contributed by atoms with van der Waals surface area (Å²) >= 11 is 0. The molecule has 2 rings (SSSR count). The largest absolute Gasteiger partial charge is 0.326 e. The van der Waals surface area contributed by atoms with Crippen LogP contribution in [-0.2, 0) is 24.2 Å². The highest BCUT2D eigenvalue weighted by Crippen LogP contribution is 2.32. The van der Waals surface area contributed by atoms with Gasteiger partial charge in [-0.05, 0) is 48.4 Å². The lowest BCUT2D eigenvalue weighted by molar-refractivity contribution is -0.117. The van der Waals surface area contributed by atoms with Gasteiger partial charge in [0, 0.05) is 18.2 Å². The number of carbonyl (C=O) groups is 1. The van der Waals surface area contributed by atoms with Gasteiger partial charge < -0.3 is 11.1 Å². The second kappa shape index (κ2) is 5.53. The number of anilines is 1. The maximum atomic E-state index is 11.9. The molecule has 3 heteroatoms. The molecule has 0 aliphatic heterocycles. The van der Waals surface area contributed by atoms with Crippen LogP contribution in [0.25, 0.3) is 0 Å². The fourth-order valence-electron chi connectivity index (χ4n) is 2.43. The second-order valence-electron chi connectivity index (χ2n) is 4.90. The van der Waals surface area contributed by atoms with E-state index < -0.39 is 0 Å². The van der Waals surface area contributed by atoms with Crippen molar-refractivity contribution in [3.05, 3.63) is 28.8 Å². The van der Waals surface area contributed by atoms with Gasteiger partial charge in [0.25, 0.3) is 0 Å².